The molecule has 25 heavy (non-hydrogen) atoms. The summed E-state index contributed by atoms with van der Waals surface area (Å²) in [7, 11) is 0. The number of aromatic nitrogens is 2. The number of hydrogen-bond donors (Lipinski definition) is 1. The fourth-order valence-electron chi connectivity index (χ4n) is 2.99. The maximum Gasteiger partial charge on any atom is 0.143 e. The van der Waals surface area contributed by atoms with Gasteiger partial charge in [-0.3, -0.25) is 0 Å². The van der Waals surface area contributed by atoms with Crippen molar-refractivity contribution in [2.24, 2.45) is 0 Å². The standard InChI is InChI=1S/C20H16ClN3S/c1-12-8-13(2)18(16(21)9-12)24-19-17-15(14-6-4-3-5-7-14)10-25-20(17)23-11-22-19/h3-11H,1-2H3,(H,22,23,24). The van der Waals surface area contributed by atoms with Crippen molar-refractivity contribution >= 4 is 44.7 Å². The molecule has 4 rings (SSSR count). The first-order chi connectivity index (χ1) is 12.1. The Morgan fingerprint density at radius 1 is 1.04 bits per heavy atom. The van der Waals surface area contributed by atoms with Crippen LogP contribution in [0.25, 0.3) is 21.3 Å². The molecule has 0 bridgehead atoms. The van der Waals surface area contributed by atoms with Crippen LogP contribution >= 0.6 is 22.9 Å². The summed E-state index contributed by atoms with van der Waals surface area (Å²) in [6.07, 6.45) is 1.59. The molecule has 0 atom stereocenters. The van der Waals surface area contributed by atoms with Gasteiger partial charge in [-0.2, -0.15) is 0 Å². The molecule has 0 spiro atoms. The van der Waals surface area contributed by atoms with E-state index in [2.05, 4.69) is 38.9 Å². The zero-order valence-electron chi connectivity index (χ0n) is 13.9. The maximum atomic E-state index is 6.46. The number of rotatable bonds is 3. The van der Waals surface area contributed by atoms with Crippen molar-refractivity contribution in [3.8, 4) is 11.1 Å². The normalized spacial score (nSPS) is 11.0. The van der Waals surface area contributed by atoms with Gasteiger partial charge in [0.1, 0.15) is 17.0 Å². The van der Waals surface area contributed by atoms with Gasteiger partial charge in [-0.25, -0.2) is 9.97 Å². The van der Waals surface area contributed by atoms with E-state index in [4.69, 9.17) is 11.6 Å². The van der Waals surface area contributed by atoms with Crippen LogP contribution in [-0.4, -0.2) is 9.97 Å². The van der Waals surface area contributed by atoms with E-state index < -0.39 is 0 Å². The smallest absolute Gasteiger partial charge is 0.143 e. The van der Waals surface area contributed by atoms with Crippen molar-refractivity contribution in [2.75, 3.05) is 5.32 Å². The highest BCUT2D eigenvalue weighted by Gasteiger charge is 2.15. The molecular formula is C20H16ClN3S. The predicted octanol–water partition coefficient (Wildman–Crippen LogP) is 6.37. The first-order valence-corrected chi connectivity index (χ1v) is 9.20. The molecule has 2 aromatic heterocycles. The van der Waals surface area contributed by atoms with E-state index in [1.54, 1.807) is 17.7 Å². The zero-order valence-corrected chi connectivity index (χ0v) is 15.4. The molecule has 0 saturated heterocycles. The quantitative estimate of drug-likeness (QED) is 0.458. The fourth-order valence-corrected chi connectivity index (χ4v) is 4.28. The fraction of sp³-hybridized carbons (Fsp3) is 0.100. The van der Waals surface area contributed by atoms with E-state index in [1.807, 2.05) is 38.1 Å². The van der Waals surface area contributed by atoms with Crippen molar-refractivity contribution in [3.63, 3.8) is 0 Å². The van der Waals surface area contributed by atoms with E-state index in [-0.39, 0.29) is 0 Å². The lowest BCUT2D eigenvalue weighted by Gasteiger charge is -2.13. The third-order valence-corrected chi connectivity index (χ3v) is 5.31. The zero-order chi connectivity index (χ0) is 17.4. The third kappa shape index (κ3) is 2.99. The Morgan fingerprint density at radius 2 is 1.84 bits per heavy atom. The number of thiophene rings is 1. The Morgan fingerprint density at radius 3 is 2.60 bits per heavy atom. The Bertz CT molecular complexity index is 1030. The van der Waals surface area contributed by atoms with E-state index in [1.165, 1.54) is 0 Å². The number of benzene rings is 2. The van der Waals surface area contributed by atoms with Crippen molar-refractivity contribution < 1.29 is 0 Å². The van der Waals surface area contributed by atoms with Crippen molar-refractivity contribution in [1.82, 2.24) is 9.97 Å². The molecule has 0 aliphatic rings. The van der Waals surface area contributed by atoms with Crippen LogP contribution in [0.1, 0.15) is 11.1 Å². The Kier molecular flexibility index (Phi) is 4.15. The van der Waals surface area contributed by atoms with Crippen LogP contribution in [0, 0.1) is 13.8 Å². The van der Waals surface area contributed by atoms with Gasteiger partial charge in [-0.15, -0.1) is 11.3 Å². The minimum Gasteiger partial charge on any atom is -0.338 e. The average Bonchev–Trinajstić information content (AvgIpc) is 3.04. The summed E-state index contributed by atoms with van der Waals surface area (Å²) in [5, 5.41) is 7.28. The summed E-state index contributed by atoms with van der Waals surface area (Å²) in [5.41, 5.74) is 5.40. The number of halogens is 1. The van der Waals surface area contributed by atoms with Crippen molar-refractivity contribution in [1.29, 1.82) is 0 Å². The molecule has 2 heterocycles. The molecule has 5 heteroatoms. The second-order valence-electron chi connectivity index (χ2n) is 5.98. The van der Waals surface area contributed by atoms with Gasteiger partial charge >= 0.3 is 0 Å². The van der Waals surface area contributed by atoms with Gasteiger partial charge in [0.2, 0.25) is 0 Å². The number of anilines is 2. The van der Waals surface area contributed by atoms with E-state index in [0.717, 1.165) is 44.0 Å². The predicted molar refractivity (Wildman–Crippen MR) is 107 cm³/mol. The molecule has 2 aromatic carbocycles. The second-order valence-corrected chi connectivity index (χ2v) is 7.25. The van der Waals surface area contributed by atoms with Gasteiger partial charge in [-0.05, 0) is 36.6 Å². The van der Waals surface area contributed by atoms with Crippen LogP contribution in [-0.2, 0) is 0 Å². The summed E-state index contributed by atoms with van der Waals surface area (Å²) < 4.78 is 0. The van der Waals surface area contributed by atoms with E-state index in [9.17, 15) is 0 Å². The summed E-state index contributed by atoms with van der Waals surface area (Å²) >= 11 is 8.08. The molecule has 0 fully saturated rings. The summed E-state index contributed by atoms with van der Waals surface area (Å²) in [6.45, 7) is 4.09. The highest BCUT2D eigenvalue weighted by atomic mass is 35.5. The first kappa shape index (κ1) is 16.1. The highest BCUT2D eigenvalue weighted by molar-refractivity contribution is 7.17. The average molecular weight is 366 g/mol. The SMILES string of the molecule is Cc1cc(C)c(Nc2ncnc3scc(-c4ccccc4)c23)c(Cl)c1. The second kappa shape index (κ2) is 6.47. The molecule has 0 unspecified atom stereocenters. The van der Waals surface area contributed by atoms with E-state index in [0.29, 0.717) is 5.02 Å². The monoisotopic (exact) mass is 365 g/mol. The van der Waals surface area contributed by atoms with Crippen LogP contribution in [0.5, 0.6) is 0 Å². The number of hydrogen-bond acceptors (Lipinski definition) is 4. The van der Waals surface area contributed by atoms with E-state index >= 15 is 0 Å². The summed E-state index contributed by atoms with van der Waals surface area (Å²) in [4.78, 5) is 9.87. The Labute approximate surface area is 155 Å². The molecule has 0 radical (unpaired) electrons. The number of nitrogens with zero attached hydrogens (tertiary/aromatic N) is 2. The molecule has 0 aliphatic heterocycles. The summed E-state index contributed by atoms with van der Waals surface area (Å²) in [6, 6.07) is 14.4. The van der Waals surface area contributed by atoms with Gasteiger partial charge < -0.3 is 5.32 Å². The minimum absolute atomic E-state index is 0.695. The van der Waals surface area contributed by atoms with Gasteiger partial charge in [0.15, 0.2) is 0 Å². The number of nitrogens with one attached hydrogen (secondary N) is 1. The van der Waals surface area contributed by atoms with Crippen LogP contribution in [0.2, 0.25) is 5.02 Å². The lowest BCUT2D eigenvalue weighted by Crippen LogP contribution is -1.99. The molecule has 0 saturated carbocycles. The molecule has 1 N–H and O–H groups in total. The molecule has 124 valence electrons. The lowest BCUT2D eigenvalue weighted by atomic mass is 10.1. The number of fused-ring (bicyclic) bond motifs is 1. The van der Waals surface area contributed by atoms with Crippen molar-refractivity contribution in [3.05, 3.63) is 70.3 Å². The third-order valence-electron chi connectivity index (χ3n) is 4.13. The Hall–Kier alpha value is -2.43. The van der Waals surface area contributed by atoms with Crippen LogP contribution < -0.4 is 5.32 Å². The van der Waals surface area contributed by atoms with Gasteiger partial charge in [0.25, 0.3) is 0 Å². The highest BCUT2D eigenvalue weighted by Crippen LogP contribution is 2.38. The van der Waals surface area contributed by atoms with Crippen LogP contribution in [0.4, 0.5) is 11.5 Å². The molecule has 0 amide bonds. The summed E-state index contributed by atoms with van der Waals surface area (Å²) in [5.74, 6) is 0.777. The lowest BCUT2D eigenvalue weighted by molar-refractivity contribution is 1.22. The number of aryl methyl sites for hydroxylation is 2. The molecular weight excluding hydrogens is 350 g/mol. The van der Waals surface area contributed by atoms with Gasteiger partial charge in [0.05, 0.1) is 16.1 Å². The van der Waals surface area contributed by atoms with Crippen LogP contribution in [0.3, 0.4) is 0 Å². The van der Waals surface area contributed by atoms with Gasteiger partial charge in [0, 0.05) is 10.9 Å². The topological polar surface area (TPSA) is 37.8 Å². The first-order valence-electron chi connectivity index (χ1n) is 7.95. The molecule has 0 aliphatic carbocycles. The minimum atomic E-state index is 0.695. The molecule has 4 aromatic rings. The van der Waals surface area contributed by atoms with Crippen LogP contribution in [0.15, 0.2) is 54.2 Å². The Balaban J connectivity index is 1.88. The largest absolute Gasteiger partial charge is 0.338 e. The van der Waals surface area contributed by atoms with Gasteiger partial charge in [-0.1, -0.05) is 48.0 Å². The van der Waals surface area contributed by atoms with Crippen molar-refractivity contribution in [2.45, 2.75) is 13.8 Å². The molecule has 3 nitrogen and oxygen atoms in total. The maximum absolute atomic E-state index is 6.46.